The van der Waals surface area contributed by atoms with Gasteiger partial charge in [-0.25, -0.2) is 0 Å². The van der Waals surface area contributed by atoms with Crippen LogP contribution in [-0.4, -0.2) is 80.3 Å². The Morgan fingerprint density at radius 2 is 1.91 bits per heavy atom. The lowest BCUT2D eigenvalue weighted by Crippen LogP contribution is -2.61. The molecule has 2 unspecified atom stereocenters. The molecular weight excluding hydrogens is 424 g/mol. The Hall–Kier alpha value is -1.93. The summed E-state index contributed by atoms with van der Waals surface area (Å²) in [6, 6.07) is -0.924. The number of carboxylic acids is 1. The van der Waals surface area contributed by atoms with E-state index in [1.807, 2.05) is 13.8 Å². The van der Waals surface area contributed by atoms with Crippen LogP contribution in [-0.2, 0) is 19.1 Å². The van der Waals surface area contributed by atoms with Gasteiger partial charge in [-0.15, -0.1) is 6.58 Å². The summed E-state index contributed by atoms with van der Waals surface area (Å²) in [6.07, 6.45) is 3.65. The van der Waals surface area contributed by atoms with Crippen molar-refractivity contribution in [3.63, 3.8) is 0 Å². The molecule has 3 rings (SSSR count). The molecule has 0 aliphatic carbocycles. The smallest absolute Gasteiger partial charge is 0.310 e. The standard InChI is InChI=1S/C25H40N2O6/c1-8-12-27(23(5,6)15-22(2,3)4)20(30)18-25-11-10-24(7,33-25)17(21(31)32)16(25)19(29)26(18)13-9-14-28/h8,16-18,28H,1,9-15H2,2-7H3,(H,31,32)/t16-,17+,18?,24-,25?/m0/s1. The maximum atomic E-state index is 14.3. The number of aliphatic carboxylic acids is 1. The molecule has 2 amide bonds. The normalized spacial score (nSPS) is 33.4. The second-order valence-electron chi connectivity index (χ2n) is 12.0. The van der Waals surface area contributed by atoms with Crippen molar-refractivity contribution in [1.29, 1.82) is 0 Å². The fourth-order valence-electron chi connectivity index (χ4n) is 6.87. The first-order chi connectivity index (χ1) is 15.1. The molecule has 33 heavy (non-hydrogen) atoms. The zero-order valence-corrected chi connectivity index (χ0v) is 20.9. The molecule has 8 heteroatoms. The number of hydrogen-bond acceptors (Lipinski definition) is 5. The summed E-state index contributed by atoms with van der Waals surface area (Å²) >= 11 is 0. The molecule has 186 valence electrons. The second-order valence-corrected chi connectivity index (χ2v) is 12.0. The zero-order chi connectivity index (χ0) is 25.0. The molecule has 5 atom stereocenters. The van der Waals surface area contributed by atoms with Crippen LogP contribution in [0.25, 0.3) is 0 Å². The maximum Gasteiger partial charge on any atom is 0.310 e. The number of fused-ring (bicyclic) bond motifs is 1. The molecule has 2 bridgehead atoms. The summed E-state index contributed by atoms with van der Waals surface area (Å²) in [5, 5.41) is 19.4. The highest BCUT2D eigenvalue weighted by atomic mass is 16.5. The minimum absolute atomic E-state index is 0.0454. The van der Waals surface area contributed by atoms with E-state index in [2.05, 4.69) is 27.4 Å². The zero-order valence-electron chi connectivity index (χ0n) is 20.9. The average Bonchev–Trinajstić information content (AvgIpc) is 3.22. The van der Waals surface area contributed by atoms with Gasteiger partial charge in [-0.05, 0) is 51.9 Å². The number of likely N-dealkylation sites (tertiary alicyclic amines) is 1. The van der Waals surface area contributed by atoms with E-state index in [1.165, 1.54) is 4.90 Å². The first-order valence-electron chi connectivity index (χ1n) is 11.9. The number of carbonyl (C=O) groups is 3. The third-order valence-electron chi connectivity index (χ3n) is 7.61. The van der Waals surface area contributed by atoms with Gasteiger partial charge in [0.1, 0.15) is 11.6 Å². The SMILES string of the molecule is C=CCN(C(=O)C1N(CCCO)C(=O)[C@@H]2[C@H](C(=O)O)[C@]3(C)CCC12O3)C(C)(C)CC(C)(C)C. The van der Waals surface area contributed by atoms with Crippen LogP contribution in [0, 0.1) is 17.3 Å². The molecule has 3 saturated heterocycles. The first kappa shape index (κ1) is 25.7. The molecule has 0 aromatic heterocycles. The number of aliphatic hydroxyl groups excluding tert-OH is 1. The van der Waals surface area contributed by atoms with E-state index in [0.29, 0.717) is 25.8 Å². The van der Waals surface area contributed by atoms with Crippen LogP contribution in [0.2, 0.25) is 0 Å². The molecule has 3 heterocycles. The average molecular weight is 465 g/mol. The lowest BCUT2D eigenvalue weighted by atomic mass is 9.66. The number of rotatable bonds is 9. The Bertz CT molecular complexity index is 833. The van der Waals surface area contributed by atoms with Gasteiger partial charge in [0.2, 0.25) is 11.8 Å². The van der Waals surface area contributed by atoms with Gasteiger partial charge in [0.05, 0.1) is 17.4 Å². The Balaban J connectivity index is 2.09. The van der Waals surface area contributed by atoms with Crippen molar-refractivity contribution in [3.8, 4) is 0 Å². The van der Waals surface area contributed by atoms with E-state index >= 15 is 0 Å². The predicted molar refractivity (Wildman–Crippen MR) is 123 cm³/mol. The summed E-state index contributed by atoms with van der Waals surface area (Å²) in [7, 11) is 0. The van der Waals surface area contributed by atoms with E-state index in [0.717, 1.165) is 6.42 Å². The van der Waals surface area contributed by atoms with Gasteiger partial charge >= 0.3 is 5.97 Å². The van der Waals surface area contributed by atoms with Gasteiger partial charge in [-0.3, -0.25) is 14.4 Å². The highest BCUT2D eigenvalue weighted by molar-refractivity contribution is 5.98. The van der Waals surface area contributed by atoms with E-state index < -0.39 is 40.6 Å². The minimum Gasteiger partial charge on any atom is -0.481 e. The van der Waals surface area contributed by atoms with Crippen molar-refractivity contribution in [2.45, 2.75) is 90.0 Å². The second kappa shape index (κ2) is 8.38. The van der Waals surface area contributed by atoms with Crippen molar-refractivity contribution in [2.75, 3.05) is 19.7 Å². The largest absolute Gasteiger partial charge is 0.481 e. The van der Waals surface area contributed by atoms with Crippen molar-refractivity contribution >= 4 is 17.8 Å². The first-order valence-corrected chi connectivity index (χ1v) is 11.9. The Morgan fingerprint density at radius 1 is 1.27 bits per heavy atom. The monoisotopic (exact) mass is 464 g/mol. The molecule has 0 saturated carbocycles. The summed E-state index contributed by atoms with van der Waals surface area (Å²) in [6.45, 7) is 16.3. The summed E-state index contributed by atoms with van der Waals surface area (Å²) < 4.78 is 6.42. The highest BCUT2D eigenvalue weighted by Crippen LogP contribution is 2.63. The van der Waals surface area contributed by atoms with Gasteiger partial charge in [0.25, 0.3) is 0 Å². The Kier molecular flexibility index (Phi) is 6.52. The third-order valence-corrected chi connectivity index (χ3v) is 7.61. The lowest BCUT2D eigenvalue weighted by molar-refractivity contribution is -0.158. The van der Waals surface area contributed by atoms with Crippen molar-refractivity contribution < 1.29 is 29.3 Å². The van der Waals surface area contributed by atoms with Gasteiger partial charge in [0, 0.05) is 25.2 Å². The summed E-state index contributed by atoms with van der Waals surface area (Å²) in [5.74, 6) is -3.57. The topological polar surface area (TPSA) is 107 Å². The number of aliphatic hydroxyl groups is 1. The highest BCUT2D eigenvalue weighted by Gasteiger charge is 2.78. The molecule has 3 fully saturated rings. The number of carbonyl (C=O) groups excluding carboxylic acids is 2. The van der Waals surface area contributed by atoms with Crippen LogP contribution in [0.15, 0.2) is 12.7 Å². The molecule has 8 nitrogen and oxygen atoms in total. The number of hydrogen-bond donors (Lipinski definition) is 2. The molecule has 0 aromatic carbocycles. The molecular formula is C25H40N2O6. The molecule has 3 aliphatic rings. The van der Waals surface area contributed by atoms with Crippen LogP contribution in [0.4, 0.5) is 0 Å². The quantitative estimate of drug-likeness (QED) is 0.508. The van der Waals surface area contributed by atoms with E-state index in [-0.39, 0.29) is 30.4 Å². The molecule has 0 aromatic rings. The van der Waals surface area contributed by atoms with E-state index in [9.17, 15) is 24.6 Å². The van der Waals surface area contributed by atoms with Crippen LogP contribution in [0.5, 0.6) is 0 Å². The number of amides is 2. The van der Waals surface area contributed by atoms with Crippen molar-refractivity contribution in [1.82, 2.24) is 9.80 Å². The van der Waals surface area contributed by atoms with E-state index in [4.69, 9.17) is 4.74 Å². The maximum absolute atomic E-state index is 14.3. The molecule has 0 radical (unpaired) electrons. The van der Waals surface area contributed by atoms with Gasteiger partial charge < -0.3 is 24.7 Å². The Labute approximate surface area is 196 Å². The fraction of sp³-hybridized carbons (Fsp3) is 0.800. The summed E-state index contributed by atoms with van der Waals surface area (Å²) in [4.78, 5) is 43.4. The van der Waals surface area contributed by atoms with Crippen LogP contribution in [0.3, 0.4) is 0 Å². The summed E-state index contributed by atoms with van der Waals surface area (Å²) in [5.41, 5.74) is -2.72. The third kappa shape index (κ3) is 4.09. The molecule has 3 aliphatic heterocycles. The minimum atomic E-state index is -1.17. The van der Waals surface area contributed by atoms with Crippen LogP contribution >= 0.6 is 0 Å². The fourth-order valence-corrected chi connectivity index (χ4v) is 6.87. The number of ether oxygens (including phenoxy) is 1. The van der Waals surface area contributed by atoms with Gasteiger partial charge in [0.15, 0.2) is 0 Å². The van der Waals surface area contributed by atoms with Crippen molar-refractivity contribution in [3.05, 3.63) is 12.7 Å². The molecule has 1 spiro atoms. The van der Waals surface area contributed by atoms with Crippen molar-refractivity contribution in [2.24, 2.45) is 17.3 Å². The number of nitrogens with zero attached hydrogens (tertiary/aromatic N) is 2. The van der Waals surface area contributed by atoms with Crippen LogP contribution in [0.1, 0.15) is 67.2 Å². The number of carboxylic acid groups (broad SMARTS) is 1. The van der Waals surface area contributed by atoms with E-state index in [1.54, 1.807) is 17.9 Å². The van der Waals surface area contributed by atoms with Crippen LogP contribution < -0.4 is 0 Å². The van der Waals surface area contributed by atoms with Gasteiger partial charge in [-0.2, -0.15) is 0 Å². The predicted octanol–water partition coefficient (Wildman–Crippen LogP) is 2.45. The Morgan fingerprint density at radius 3 is 2.42 bits per heavy atom. The lowest BCUT2D eigenvalue weighted by Gasteiger charge is -2.45. The molecule has 2 N–H and O–H groups in total. The van der Waals surface area contributed by atoms with Gasteiger partial charge in [-0.1, -0.05) is 26.8 Å².